The molecule has 1 fully saturated rings. The largest absolute Gasteiger partial charge is 0.312 e. The highest BCUT2D eigenvalue weighted by atomic mass is 32.2. The Morgan fingerprint density at radius 3 is 2.48 bits per heavy atom. The molecule has 0 radical (unpaired) electrons. The maximum atomic E-state index is 12.4. The minimum absolute atomic E-state index is 0.0847. The van der Waals surface area contributed by atoms with E-state index in [1.807, 2.05) is 0 Å². The van der Waals surface area contributed by atoms with E-state index in [0.717, 1.165) is 9.31 Å². The fourth-order valence-electron chi connectivity index (χ4n) is 2.70. The zero-order valence-corrected chi connectivity index (χ0v) is 16.7. The van der Waals surface area contributed by atoms with E-state index in [0.29, 0.717) is 10.8 Å². The van der Waals surface area contributed by atoms with Crippen molar-refractivity contribution in [2.24, 2.45) is 5.92 Å². The Kier molecular flexibility index (Phi) is 5.27. The van der Waals surface area contributed by atoms with E-state index in [9.17, 15) is 18.0 Å². The lowest BCUT2D eigenvalue weighted by atomic mass is 10.1. The van der Waals surface area contributed by atoms with Crippen LogP contribution >= 0.6 is 11.3 Å². The van der Waals surface area contributed by atoms with Gasteiger partial charge in [0.2, 0.25) is 27.0 Å². The van der Waals surface area contributed by atoms with Gasteiger partial charge in [-0.1, -0.05) is 11.3 Å². The molecule has 2 amide bonds. The fourth-order valence-corrected chi connectivity index (χ4v) is 4.19. The van der Waals surface area contributed by atoms with Gasteiger partial charge in [-0.05, 0) is 31.2 Å². The van der Waals surface area contributed by atoms with Crippen LogP contribution in [0, 0.1) is 12.8 Å². The highest BCUT2D eigenvalue weighted by Gasteiger charge is 2.35. The van der Waals surface area contributed by atoms with Crippen LogP contribution in [0.15, 0.2) is 29.2 Å². The monoisotopic (exact) mass is 409 g/mol. The fraction of sp³-hybridized carbons (Fsp3) is 0.375. The van der Waals surface area contributed by atoms with Gasteiger partial charge in [0, 0.05) is 32.7 Å². The summed E-state index contributed by atoms with van der Waals surface area (Å²) in [4.78, 5) is 26.3. The molecular weight excluding hydrogens is 390 g/mol. The van der Waals surface area contributed by atoms with Gasteiger partial charge >= 0.3 is 0 Å². The van der Waals surface area contributed by atoms with Gasteiger partial charge < -0.3 is 10.2 Å². The zero-order valence-electron chi connectivity index (χ0n) is 15.0. The second-order valence-electron chi connectivity index (χ2n) is 6.30. The number of anilines is 2. The van der Waals surface area contributed by atoms with Crippen molar-refractivity contribution in [1.82, 2.24) is 14.5 Å². The third-order valence-electron chi connectivity index (χ3n) is 4.18. The Labute approximate surface area is 161 Å². The van der Waals surface area contributed by atoms with Crippen molar-refractivity contribution in [2.75, 3.05) is 30.9 Å². The molecule has 144 valence electrons. The molecule has 2 heterocycles. The number of amides is 2. The zero-order chi connectivity index (χ0) is 19.8. The van der Waals surface area contributed by atoms with Crippen LogP contribution in [0.3, 0.4) is 0 Å². The van der Waals surface area contributed by atoms with Gasteiger partial charge in [0.05, 0.1) is 10.8 Å². The highest BCUT2D eigenvalue weighted by Crippen LogP contribution is 2.27. The molecule has 1 unspecified atom stereocenters. The molecule has 9 nitrogen and oxygen atoms in total. The summed E-state index contributed by atoms with van der Waals surface area (Å²) in [6.07, 6.45) is 0.0847. The minimum Gasteiger partial charge on any atom is -0.312 e. The summed E-state index contributed by atoms with van der Waals surface area (Å²) in [5.74, 6) is -0.979. The maximum Gasteiger partial charge on any atom is 0.242 e. The van der Waals surface area contributed by atoms with E-state index >= 15 is 0 Å². The number of carbonyl (C=O) groups is 2. The number of sulfonamides is 1. The predicted octanol–water partition coefficient (Wildman–Crippen LogP) is 1.09. The number of carbonyl (C=O) groups excluding carboxylic acids is 2. The van der Waals surface area contributed by atoms with Crippen LogP contribution in [0.5, 0.6) is 0 Å². The van der Waals surface area contributed by atoms with E-state index in [1.54, 1.807) is 19.1 Å². The lowest BCUT2D eigenvalue weighted by molar-refractivity contribution is -0.122. The Hall–Kier alpha value is -2.37. The molecule has 0 saturated carbocycles. The Bertz CT molecular complexity index is 969. The number of benzene rings is 1. The number of aryl methyl sites for hydroxylation is 1. The number of nitrogens with zero attached hydrogens (tertiary/aromatic N) is 4. The number of hydrogen-bond donors (Lipinski definition) is 1. The van der Waals surface area contributed by atoms with Crippen LogP contribution in [0.2, 0.25) is 0 Å². The predicted molar refractivity (Wildman–Crippen MR) is 101 cm³/mol. The lowest BCUT2D eigenvalue weighted by Crippen LogP contribution is -2.28. The van der Waals surface area contributed by atoms with Crippen LogP contribution < -0.4 is 10.2 Å². The average molecular weight is 409 g/mol. The molecule has 11 heteroatoms. The second kappa shape index (κ2) is 7.33. The van der Waals surface area contributed by atoms with E-state index in [2.05, 4.69) is 15.5 Å². The molecule has 1 N–H and O–H groups in total. The van der Waals surface area contributed by atoms with Gasteiger partial charge in [-0.2, -0.15) is 0 Å². The summed E-state index contributed by atoms with van der Waals surface area (Å²) < 4.78 is 25.4. The van der Waals surface area contributed by atoms with Gasteiger partial charge in [0.25, 0.3) is 0 Å². The molecule has 1 aliphatic rings. The second-order valence-corrected chi connectivity index (χ2v) is 9.64. The molecule has 27 heavy (non-hydrogen) atoms. The van der Waals surface area contributed by atoms with E-state index in [-0.39, 0.29) is 29.7 Å². The number of nitrogens with one attached hydrogen (secondary N) is 1. The number of hydrogen-bond acceptors (Lipinski definition) is 7. The first-order valence-corrected chi connectivity index (χ1v) is 10.4. The van der Waals surface area contributed by atoms with Crippen molar-refractivity contribution in [3.63, 3.8) is 0 Å². The molecule has 1 atom stereocenters. The first-order valence-electron chi connectivity index (χ1n) is 8.12. The molecular formula is C16H19N5O4S2. The van der Waals surface area contributed by atoms with Crippen LogP contribution in [0.4, 0.5) is 10.8 Å². The Balaban J connectivity index is 1.71. The standard InChI is InChI=1S/C16H19N5O4S2/c1-10-18-19-16(26-10)17-15(23)11-8-14(22)21(9-11)12-4-6-13(7-5-12)27(24,25)20(2)3/h4-7,11H,8-9H2,1-3H3,(H,17,19,23). The first kappa shape index (κ1) is 19.4. The minimum atomic E-state index is -3.53. The van der Waals surface area contributed by atoms with Crippen molar-refractivity contribution < 1.29 is 18.0 Å². The van der Waals surface area contributed by atoms with Crippen LogP contribution in [0.1, 0.15) is 11.4 Å². The van der Waals surface area contributed by atoms with Gasteiger partial charge in [0.15, 0.2) is 0 Å². The van der Waals surface area contributed by atoms with Crippen molar-refractivity contribution in [2.45, 2.75) is 18.2 Å². The molecule has 1 saturated heterocycles. The van der Waals surface area contributed by atoms with Crippen LogP contribution in [-0.2, 0) is 19.6 Å². The third-order valence-corrected chi connectivity index (χ3v) is 6.76. The van der Waals surface area contributed by atoms with Gasteiger partial charge in [-0.25, -0.2) is 12.7 Å². The summed E-state index contributed by atoms with van der Waals surface area (Å²) in [7, 11) is -0.625. The van der Waals surface area contributed by atoms with Crippen LogP contribution in [-0.4, -0.2) is 55.4 Å². The first-order chi connectivity index (χ1) is 12.7. The van der Waals surface area contributed by atoms with E-state index < -0.39 is 15.9 Å². The highest BCUT2D eigenvalue weighted by molar-refractivity contribution is 7.89. The van der Waals surface area contributed by atoms with Gasteiger partial charge in [-0.15, -0.1) is 10.2 Å². The summed E-state index contributed by atoms with van der Waals surface area (Å²) in [5.41, 5.74) is 0.555. The SMILES string of the molecule is Cc1nnc(NC(=O)C2CC(=O)N(c3ccc(S(=O)(=O)N(C)C)cc3)C2)s1. The van der Waals surface area contributed by atoms with Crippen molar-refractivity contribution in [3.8, 4) is 0 Å². The number of rotatable bonds is 5. The van der Waals surface area contributed by atoms with Gasteiger partial charge in [0.1, 0.15) is 5.01 Å². The Morgan fingerprint density at radius 1 is 1.26 bits per heavy atom. The number of aromatic nitrogens is 2. The summed E-state index contributed by atoms with van der Waals surface area (Å²) in [6, 6.07) is 6.05. The van der Waals surface area contributed by atoms with Crippen LogP contribution in [0.25, 0.3) is 0 Å². The van der Waals surface area contributed by atoms with Gasteiger partial charge in [-0.3, -0.25) is 9.59 Å². The summed E-state index contributed by atoms with van der Waals surface area (Å²) in [5, 5.41) is 11.5. The smallest absolute Gasteiger partial charge is 0.242 e. The average Bonchev–Trinajstić information content (AvgIpc) is 3.20. The maximum absolute atomic E-state index is 12.4. The van der Waals surface area contributed by atoms with Crippen molar-refractivity contribution >= 4 is 44.0 Å². The van der Waals surface area contributed by atoms with Crippen molar-refractivity contribution in [3.05, 3.63) is 29.3 Å². The summed E-state index contributed by atoms with van der Waals surface area (Å²) in [6.45, 7) is 2.01. The lowest BCUT2D eigenvalue weighted by Gasteiger charge is -2.18. The molecule has 1 aromatic heterocycles. The molecule has 1 aliphatic heterocycles. The van der Waals surface area contributed by atoms with Crippen molar-refractivity contribution in [1.29, 1.82) is 0 Å². The normalized spacial score (nSPS) is 17.6. The Morgan fingerprint density at radius 2 is 1.93 bits per heavy atom. The molecule has 1 aromatic carbocycles. The molecule has 0 aliphatic carbocycles. The van der Waals surface area contributed by atoms with E-state index in [1.165, 1.54) is 42.5 Å². The van der Waals surface area contributed by atoms with E-state index in [4.69, 9.17) is 0 Å². The molecule has 2 aromatic rings. The third kappa shape index (κ3) is 3.99. The molecule has 3 rings (SSSR count). The quantitative estimate of drug-likeness (QED) is 0.791. The topological polar surface area (TPSA) is 113 Å². The summed E-state index contributed by atoms with van der Waals surface area (Å²) >= 11 is 1.27. The molecule has 0 spiro atoms. The molecule has 0 bridgehead atoms.